The third-order valence-corrected chi connectivity index (χ3v) is 5.51. The van der Waals surface area contributed by atoms with Crippen LogP contribution in [-0.4, -0.2) is 34.0 Å². The third kappa shape index (κ3) is 4.54. The Bertz CT molecular complexity index is 761. The maximum absolute atomic E-state index is 12.6. The molecule has 0 aliphatic heterocycles. The average Bonchev–Trinajstić information content (AvgIpc) is 2.50. The van der Waals surface area contributed by atoms with Gasteiger partial charge in [-0.15, -0.1) is 0 Å². The molecule has 0 aliphatic rings. The molecule has 0 heterocycles. The van der Waals surface area contributed by atoms with Gasteiger partial charge in [0.1, 0.15) is 0 Å². The smallest absolute Gasteiger partial charge is 0.240 e. The van der Waals surface area contributed by atoms with Crippen molar-refractivity contribution in [2.75, 3.05) is 20.6 Å². The second-order valence-electron chi connectivity index (χ2n) is 5.65. The molecule has 0 unspecified atom stereocenters. The first kappa shape index (κ1) is 17.9. The van der Waals surface area contributed by atoms with E-state index in [1.165, 1.54) is 6.07 Å². The zero-order chi connectivity index (χ0) is 17.0. The predicted molar refractivity (Wildman–Crippen MR) is 94.2 cm³/mol. The van der Waals surface area contributed by atoms with E-state index in [1.54, 1.807) is 19.1 Å². The molecular weight excluding hydrogens is 332 g/mol. The molecule has 0 amide bonds. The van der Waals surface area contributed by atoms with Gasteiger partial charge in [0.15, 0.2) is 0 Å². The first-order valence-electron chi connectivity index (χ1n) is 7.28. The number of likely N-dealkylation sites (N-methyl/N-ethyl adjacent to an activating group) is 1. The molecule has 2 rings (SSSR count). The average molecular weight is 353 g/mol. The molecule has 124 valence electrons. The van der Waals surface area contributed by atoms with Gasteiger partial charge in [0.2, 0.25) is 10.0 Å². The summed E-state index contributed by atoms with van der Waals surface area (Å²) in [5.41, 5.74) is 1.73. The summed E-state index contributed by atoms with van der Waals surface area (Å²) in [6.45, 7) is 2.04. The summed E-state index contributed by atoms with van der Waals surface area (Å²) >= 11 is 5.93. The first-order chi connectivity index (χ1) is 10.8. The van der Waals surface area contributed by atoms with Gasteiger partial charge in [-0.05, 0) is 44.3 Å². The van der Waals surface area contributed by atoms with Crippen molar-refractivity contribution in [2.45, 2.75) is 17.9 Å². The van der Waals surface area contributed by atoms with Crippen molar-refractivity contribution in [3.8, 4) is 0 Å². The zero-order valence-corrected chi connectivity index (χ0v) is 15.0. The predicted octanol–water partition coefficient (Wildman–Crippen LogP) is 3.23. The molecule has 0 radical (unpaired) electrons. The highest BCUT2D eigenvalue weighted by Gasteiger charge is 2.21. The van der Waals surface area contributed by atoms with E-state index in [2.05, 4.69) is 4.72 Å². The Balaban J connectivity index is 2.22. The fraction of sp³-hybridized carbons (Fsp3) is 0.294. The minimum Gasteiger partial charge on any atom is -0.301 e. The van der Waals surface area contributed by atoms with E-state index in [0.29, 0.717) is 10.6 Å². The highest BCUT2D eigenvalue weighted by molar-refractivity contribution is 7.89. The highest BCUT2D eigenvalue weighted by Crippen LogP contribution is 2.22. The lowest BCUT2D eigenvalue weighted by atomic mass is 10.1. The molecule has 0 spiro atoms. The summed E-state index contributed by atoms with van der Waals surface area (Å²) in [7, 11) is 0.243. The van der Waals surface area contributed by atoms with Crippen molar-refractivity contribution in [1.82, 2.24) is 9.62 Å². The Morgan fingerprint density at radius 2 is 1.78 bits per heavy atom. The van der Waals surface area contributed by atoms with E-state index in [9.17, 15) is 8.42 Å². The lowest BCUT2D eigenvalue weighted by Crippen LogP contribution is -2.34. The Labute approximate surface area is 143 Å². The molecule has 0 aliphatic carbocycles. The van der Waals surface area contributed by atoms with Gasteiger partial charge in [-0.2, -0.15) is 0 Å². The third-order valence-electron chi connectivity index (χ3n) is 3.71. The van der Waals surface area contributed by atoms with Crippen LogP contribution in [0.2, 0.25) is 5.02 Å². The van der Waals surface area contributed by atoms with Crippen LogP contribution in [0.5, 0.6) is 0 Å². The Morgan fingerprint density at radius 1 is 1.13 bits per heavy atom. The lowest BCUT2D eigenvalue weighted by Gasteiger charge is -2.25. The molecule has 2 aromatic carbocycles. The molecular formula is C17H21ClN2O2S. The number of benzene rings is 2. The number of nitrogens with zero attached hydrogens (tertiary/aromatic N) is 1. The van der Waals surface area contributed by atoms with Crippen LogP contribution in [-0.2, 0) is 10.0 Å². The SMILES string of the molecule is Cc1ccc(Cl)cc1S(=O)(=O)NC[C@H](c1ccccc1)N(C)C. The van der Waals surface area contributed by atoms with Crippen molar-refractivity contribution in [3.63, 3.8) is 0 Å². The van der Waals surface area contributed by atoms with Crippen molar-refractivity contribution in [1.29, 1.82) is 0 Å². The van der Waals surface area contributed by atoms with Crippen LogP contribution in [0.15, 0.2) is 53.4 Å². The van der Waals surface area contributed by atoms with Crippen LogP contribution in [0.1, 0.15) is 17.2 Å². The number of sulfonamides is 1. The summed E-state index contributed by atoms with van der Waals surface area (Å²) in [4.78, 5) is 2.21. The lowest BCUT2D eigenvalue weighted by molar-refractivity contribution is 0.299. The van der Waals surface area contributed by atoms with Crippen LogP contribution in [0, 0.1) is 6.92 Å². The van der Waals surface area contributed by atoms with E-state index in [0.717, 1.165) is 5.56 Å². The van der Waals surface area contributed by atoms with Gasteiger partial charge in [-0.1, -0.05) is 48.0 Å². The molecule has 0 aromatic heterocycles. The summed E-state index contributed by atoms with van der Waals surface area (Å²) in [6, 6.07) is 14.6. The van der Waals surface area contributed by atoms with Crippen molar-refractivity contribution >= 4 is 21.6 Å². The molecule has 2 aromatic rings. The summed E-state index contributed by atoms with van der Waals surface area (Å²) in [5, 5.41) is 0.406. The van der Waals surface area contributed by atoms with Gasteiger partial charge >= 0.3 is 0 Å². The van der Waals surface area contributed by atoms with Gasteiger partial charge in [-0.25, -0.2) is 13.1 Å². The van der Waals surface area contributed by atoms with Crippen LogP contribution < -0.4 is 4.72 Å². The van der Waals surface area contributed by atoms with E-state index < -0.39 is 10.0 Å². The van der Waals surface area contributed by atoms with Gasteiger partial charge in [-0.3, -0.25) is 0 Å². The fourth-order valence-electron chi connectivity index (χ4n) is 2.40. The molecule has 0 saturated carbocycles. The van der Waals surface area contributed by atoms with E-state index in [-0.39, 0.29) is 17.5 Å². The summed E-state index contributed by atoms with van der Waals surface area (Å²) in [5.74, 6) is 0. The van der Waals surface area contributed by atoms with E-state index in [4.69, 9.17) is 11.6 Å². The molecule has 6 heteroatoms. The van der Waals surface area contributed by atoms with E-state index >= 15 is 0 Å². The van der Waals surface area contributed by atoms with Gasteiger partial charge in [0, 0.05) is 17.6 Å². The minimum atomic E-state index is -3.61. The maximum atomic E-state index is 12.6. The number of nitrogens with one attached hydrogen (secondary N) is 1. The number of halogens is 1. The zero-order valence-electron chi connectivity index (χ0n) is 13.5. The van der Waals surface area contributed by atoms with Crippen LogP contribution in [0.25, 0.3) is 0 Å². The van der Waals surface area contributed by atoms with Gasteiger partial charge in [0.25, 0.3) is 0 Å². The van der Waals surface area contributed by atoms with Crippen LogP contribution >= 0.6 is 11.6 Å². The Hall–Kier alpha value is -1.40. The Morgan fingerprint density at radius 3 is 2.39 bits per heavy atom. The molecule has 23 heavy (non-hydrogen) atoms. The topological polar surface area (TPSA) is 49.4 Å². The second kappa shape index (κ2) is 7.45. The van der Waals surface area contributed by atoms with Crippen LogP contribution in [0.4, 0.5) is 0 Å². The molecule has 0 fully saturated rings. The number of hydrogen-bond donors (Lipinski definition) is 1. The number of rotatable bonds is 6. The van der Waals surface area contributed by atoms with Gasteiger partial charge < -0.3 is 4.90 Å². The van der Waals surface area contributed by atoms with Crippen molar-refractivity contribution < 1.29 is 8.42 Å². The first-order valence-corrected chi connectivity index (χ1v) is 9.14. The molecule has 1 atom stereocenters. The van der Waals surface area contributed by atoms with Crippen molar-refractivity contribution in [3.05, 3.63) is 64.7 Å². The molecule has 0 bridgehead atoms. The maximum Gasteiger partial charge on any atom is 0.240 e. The monoisotopic (exact) mass is 352 g/mol. The highest BCUT2D eigenvalue weighted by atomic mass is 35.5. The van der Waals surface area contributed by atoms with Crippen molar-refractivity contribution in [2.24, 2.45) is 0 Å². The summed E-state index contributed by atoms with van der Waals surface area (Å²) in [6.07, 6.45) is 0. The standard InChI is InChI=1S/C17H21ClN2O2S/c1-13-9-10-15(18)11-17(13)23(21,22)19-12-16(20(2)3)14-7-5-4-6-8-14/h4-11,16,19H,12H2,1-3H3/t16-/m1/s1. The molecule has 1 N–H and O–H groups in total. The summed E-state index contributed by atoms with van der Waals surface area (Å²) < 4.78 is 27.8. The van der Waals surface area contributed by atoms with Gasteiger partial charge in [0.05, 0.1) is 4.90 Å². The quantitative estimate of drug-likeness (QED) is 0.868. The normalized spacial score (nSPS) is 13.3. The molecule has 4 nitrogen and oxygen atoms in total. The number of hydrogen-bond acceptors (Lipinski definition) is 3. The minimum absolute atomic E-state index is 0.0505. The largest absolute Gasteiger partial charge is 0.301 e. The Kier molecular flexibility index (Phi) is 5.81. The van der Waals surface area contributed by atoms with E-state index in [1.807, 2.05) is 49.3 Å². The van der Waals surface area contributed by atoms with Crippen LogP contribution in [0.3, 0.4) is 0 Å². The fourth-order valence-corrected chi connectivity index (χ4v) is 3.95. The number of aryl methyl sites for hydroxylation is 1. The molecule has 0 saturated heterocycles. The second-order valence-corrected chi connectivity index (χ2v) is 7.82.